The highest BCUT2D eigenvalue weighted by Gasteiger charge is 2.41. The van der Waals surface area contributed by atoms with E-state index in [4.69, 9.17) is 15.2 Å². The van der Waals surface area contributed by atoms with Crippen molar-refractivity contribution in [3.05, 3.63) is 0 Å². The van der Waals surface area contributed by atoms with E-state index < -0.39 is 8.53 Å². The van der Waals surface area contributed by atoms with Crippen LogP contribution in [0.3, 0.4) is 0 Å². The number of hydrogen-bond acceptors (Lipinski definition) is 6. The SMILES string of the molecule is [2H]CC1OC(C)C(C)C1OP(OCCSC(=O)C(C)(C)CC)N(C(C)C)C(C)C. The molecule has 28 heavy (non-hydrogen) atoms. The number of nitrogens with zero attached hydrogens (tertiary/aromatic N) is 1. The molecule has 5 nitrogen and oxygen atoms in total. The van der Waals surface area contributed by atoms with Crippen LogP contribution in [0.1, 0.15) is 77.0 Å². The van der Waals surface area contributed by atoms with Gasteiger partial charge < -0.3 is 13.8 Å². The maximum absolute atomic E-state index is 12.4. The minimum absolute atomic E-state index is 0.0724. The van der Waals surface area contributed by atoms with Gasteiger partial charge >= 0.3 is 0 Å². The monoisotopic (exact) mass is 436 g/mol. The number of thioether (sulfide) groups is 1. The van der Waals surface area contributed by atoms with Crippen molar-refractivity contribution in [3.8, 4) is 0 Å². The molecule has 0 aromatic carbocycles. The number of carbonyl (C=O) groups excluding carboxylic acids is 1. The summed E-state index contributed by atoms with van der Waals surface area (Å²) in [4.78, 5) is 12.4. The minimum Gasteiger partial charge on any atom is -0.372 e. The molecule has 5 unspecified atom stereocenters. The molecule has 0 spiro atoms. The molecule has 0 aromatic rings. The zero-order valence-electron chi connectivity index (χ0n) is 20.2. The molecule has 0 aliphatic carbocycles. The van der Waals surface area contributed by atoms with Crippen LogP contribution in [0.5, 0.6) is 0 Å². The lowest BCUT2D eigenvalue weighted by Gasteiger charge is -2.38. The summed E-state index contributed by atoms with van der Waals surface area (Å²) in [5.74, 6) is 0.824. The first-order chi connectivity index (χ1) is 13.5. The van der Waals surface area contributed by atoms with Gasteiger partial charge in [0.15, 0.2) is 5.12 Å². The van der Waals surface area contributed by atoms with Gasteiger partial charge in [-0.1, -0.05) is 39.5 Å². The lowest BCUT2D eigenvalue weighted by Crippen LogP contribution is -2.36. The first kappa shape index (κ1) is 24.6. The van der Waals surface area contributed by atoms with Crippen molar-refractivity contribution in [2.75, 3.05) is 12.4 Å². The Balaban J connectivity index is 2.80. The summed E-state index contributed by atoms with van der Waals surface area (Å²) in [6.45, 7) is 19.4. The zero-order valence-corrected chi connectivity index (χ0v) is 20.9. The molecular weight excluding hydrogens is 393 g/mol. The van der Waals surface area contributed by atoms with Crippen LogP contribution in [0, 0.1) is 11.3 Å². The van der Waals surface area contributed by atoms with Crippen molar-refractivity contribution in [1.82, 2.24) is 4.67 Å². The van der Waals surface area contributed by atoms with Crippen LogP contribution in [0.4, 0.5) is 0 Å². The van der Waals surface area contributed by atoms with Crippen molar-refractivity contribution in [2.24, 2.45) is 11.3 Å². The number of hydrogen-bond donors (Lipinski definition) is 0. The fraction of sp³-hybridized carbons (Fsp3) is 0.952. The molecule has 1 heterocycles. The molecular formula is C21H42NO4PS. The quantitative estimate of drug-likeness (QED) is 0.298. The Labute approximate surface area is 180 Å². The van der Waals surface area contributed by atoms with E-state index >= 15 is 0 Å². The molecule has 7 heteroatoms. The molecule has 0 radical (unpaired) electrons. The van der Waals surface area contributed by atoms with E-state index in [1.807, 2.05) is 27.7 Å². The molecule has 1 rings (SSSR count). The molecule has 166 valence electrons. The van der Waals surface area contributed by atoms with E-state index in [0.29, 0.717) is 12.4 Å². The summed E-state index contributed by atoms with van der Waals surface area (Å²) in [6.07, 6.45) is 0.525. The maximum Gasteiger partial charge on any atom is 0.259 e. The first-order valence-electron chi connectivity index (χ1n) is 11.2. The van der Waals surface area contributed by atoms with Gasteiger partial charge in [-0.3, -0.25) is 4.79 Å². The van der Waals surface area contributed by atoms with Crippen molar-refractivity contribution in [2.45, 2.75) is 106 Å². The van der Waals surface area contributed by atoms with Crippen LogP contribution >= 0.6 is 20.3 Å². The first-order valence-corrected chi connectivity index (χ1v) is 12.6. The molecule has 1 fully saturated rings. The Morgan fingerprint density at radius 2 is 1.86 bits per heavy atom. The maximum atomic E-state index is 12.4. The van der Waals surface area contributed by atoms with Gasteiger partial charge in [-0.2, -0.15) is 0 Å². The van der Waals surface area contributed by atoms with Gasteiger partial charge in [0.05, 0.1) is 24.9 Å². The summed E-state index contributed by atoms with van der Waals surface area (Å²) >= 11 is 1.34. The molecule has 0 N–H and O–H groups in total. The molecule has 0 bridgehead atoms. The van der Waals surface area contributed by atoms with E-state index in [1.165, 1.54) is 11.8 Å². The van der Waals surface area contributed by atoms with Crippen LogP contribution in [0.25, 0.3) is 0 Å². The molecule has 5 atom stereocenters. The number of ether oxygens (including phenoxy) is 1. The van der Waals surface area contributed by atoms with Crippen LogP contribution in [0.2, 0.25) is 0 Å². The molecule has 0 saturated carbocycles. The summed E-state index contributed by atoms with van der Waals surface area (Å²) in [5.41, 5.74) is -0.304. The van der Waals surface area contributed by atoms with Crippen molar-refractivity contribution < 1.29 is 19.9 Å². The Morgan fingerprint density at radius 3 is 2.36 bits per heavy atom. The third kappa shape index (κ3) is 7.21. The van der Waals surface area contributed by atoms with Gasteiger partial charge in [-0.25, -0.2) is 4.67 Å². The van der Waals surface area contributed by atoms with Crippen molar-refractivity contribution >= 4 is 25.4 Å². The Kier molecular flexibility index (Phi) is 10.2. The third-order valence-corrected chi connectivity index (χ3v) is 8.74. The Morgan fingerprint density at radius 1 is 1.25 bits per heavy atom. The molecule has 0 aromatic heterocycles. The summed E-state index contributed by atoms with van der Waals surface area (Å²) in [7, 11) is -1.31. The minimum atomic E-state index is -1.31. The lowest BCUT2D eigenvalue weighted by atomic mass is 9.92. The van der Waals surface area contributed by atoms with Gasteiger partial charge in [0.2, 0.25) is 0 Å². The highest BCUT2D eigenvalue weighted by atomic mass is 32.2. The molecule has 1 aliphatic rings. The van der Waals surface area contributed by atoms with Crippen molar-refractivity contribution in [1.29, 1.82) is 0 Å². The second-order valence-corrected chi connectivity index (χ2v) is 11.3. The third-order valence-electron chi connectivity index (χ3n) is 5.43. The smallest absolute Gasteiger partial charge is 0.259 e. The van der Waals surface area contributed by atoms with Gasteiger partial charge in [0, 0.05) is 30.5 Å². The summed E-state index contributed by atoms with van der Waals surface area (Å²) in [5, 5.41) is 0.208. The normalized spacial score (nSPS) is 27.6. The van der Waals surface area contributed by atoms with Gasteiger partial charge in [0.25, 0.3) is 8.53 Å². The molecule has 0 amide bonds. The second-order valence-electron chi connectivity index (χ2n) is 8.82. The van der Waals surface area contributed by atoms with Crippen LogP contribution < -0.4 is 0 Å². The average molecular weight is 437 g/mol. The standard InChI is InChI=1S/C21H42NO4PS/c1-11-21(9,10)20(23)28-13-12-24-27(22(14(2)3)15(4)5)26-19-16(6)17(7)25-18(19)8/h14-19H,11-13H2,1-10H3/i8D. The number of carbonyl (C=O) groups is 1. The summed E-state index contributed by atoms with van der Waals surface area (Å²) in [6, 6.07) is 0.526. The second kappa shape index (κ2) is 11.6. The fourth-order valence-electron chi connectivity index (χ4n) is 3.07. The summed E-state index contributed by atoms with van der Waals surface area (Å²) < 4.78 is 28.8. The van der Waals surface area contributed by atoms with E-state index in [1.54, 1.807) is 0 Å². The van der Waals surface area contributed by atoms with E-state index in [-0.39, 0.29) is 53.7 Å². The Hall–Kier alpha value is 0.290. The Bertz CT molecular complexity index is 501. The fourth-order valence-corrected chi connectivity index (χ4v) is 5.92. The highest BCUT2D eigenvalue weighted by Crippen LogP contribution is 2.50. The highest BCUT2D eigenvalue weighted by molar-refractivity contribution is 8.13. The van der Waals surface area contributed by atoms with E-state index in [2.05, 4.69) is 39.3 Å². The van der Waals surface area contributed by atoms with Gasteiger partial charge in [0.1, 0.15) is 0 Å². The van der Waals surface area contributed by atoms with E-state index in [0.717, 1.165) is 6.42 Å². The van der Waals surface area contributed by atoms with Gasteiger partial charge in [-0.15, -0.1) is 0 Å². The van der Waals surface area contributed by atoms with Crippen LogP contribution in [0.15, 0.2) is 0 Å². The van der Waals surface area contributed by atoms with E-state index in [9.17, 15) is 4.79 Å². The van der Waals surface area contributed by atoms with Crippen molar-refractivity contribution in [3.63, 3.8) is 0 Å². The molecule has 1 saturated heterocycles. The van der Waals surface area contributed by atoms with Crippen LogP contribution in [-0.2, 0) is 18.6 Å². The lowest BCUT2D eigenvalue weighted by molar-refractivity contribution is -0.118. The van der Waals surface area contributed by atoms with Gasteiger partial charge in [-0.05, 0) is 47.9 Å². The largest absolute Gasteiger partial charge is 0.372 e. The predicted octanol–water partition coefficient (Wildman–Crippen LogP) is 5.87. The van der Waals surface area contributed by atoms with Crippen LogP contribution in [-0.4, -0.2) is 52.5 Å². The average Bonchev–Trinajstić information content (AvgIpc) is 2.91. The molecule has 1 aliphatic heterocycles. The predicted molar refractivity (Wildman–Crippen MR) is 121 cm³/mol. The topological polar surface area (TPSA) is 48.0 Å². The number of rotatable bonds is 11. The zero-order chi connectivity index (χ0) is 22.4.